The van der Waals surface area contributed by atoms with Gasteiger partial charge < -0.3 is 9.80 Å². The van der Waals surface area contributed by atoms with E-state index < -0.39 is 0 Å². The van der Waals surface area contributed by atoms with Crippen LogP contribution in [0, 0.1) is 5.82 Å². The van der Waals surface area contributed by atoms with Crippen LogP contribution >= 0.6 is 27.3 Å². The van der Waals surface area contributed by atoms with Crippen molar-refractivity contribution in [3.8, 4) is 0 Å². The lowest BCUT2D eigenvalue weighted by molar-refractivity contribution is 0.313. The molecule has 5 rings (SSSR count). The van der Waals surface area contributed by atoms with E-state index in [2.05, 4.69) is 55.4 Å². The monoisotopic (exact) mass is 513 g/mol. The Morgan fingerprint density at radius 1 is 1.03 bits per heavy atom. The van der Waals surface area contributed by atoms with Crippen LogP contribution in [-0.4, -0.2) is 54.9 Å². The van der Waals surface area contributed by atoms with Gasteiger partial charge in [0.25, 0.3) is 0 Å². The molecule has 168 valence electrons. The first-order chi connectivity index (χ1) is 15.7. The van der Waals surface area contributed by atoms with Crippen molar-refractivity contribution >= 4 is 43.2 Å². The molecule has 0 aliphatic carbocycles. The Morgan fingerprint density at radius 2 is 1.91 bits per heavy atom. The van der Waals surface area contributed by atoms with E-state index in [1.165, 1.54) is 41.6 Å². The Bertz CT molecular complexity index is 1120. The van der Waals surface area contributed by atoms with E-state index in [4.69, 9.17) is 4.99 Å². The molecular weight excluding hydrogens is 485 g/mol. The van der Waals surface area contributed by atoms with Gasteiger partial charge in [0.2, 0.25) is 0 Å². The molecule has 3 nitrogen and oxygen atoms in total. The first-order valence-corrected chi connectivity index (χ1v) is 13.3. The first-order valence-electron chi connectivity index (χ1n) is 11.6. The Kier molecular flexibility index (Phi) is 6.91. The van der Waals surface area contributed by atoms with E-state index in [1.807, 2.05) is 6.07 Å². The fourth-order valence-electron chi connectivity index (χ4n) is 5.03. The number of amidine groups is 1. The molecule has 1 saturated heterocycles. The fourth-order valence-corrected chi connectivity index (χ4v) is 6.48. The summed E-state index contributed by atoms with van der Waals surface area (Å²) in [5.41, 5.74) is 3.04. The lowest BCUT2D eigenvalue weighted by Crippen LogP contribution is -2.32. The Balaban J connectivity index is 1.32. The average Bonchev–Trinajstić information content (AvgIpc) is 3.54. The summed E-state index contributed by atoms with van der Waals surface area (Å²) < 4.78 is 17.4. The standard InChI is InChI=1S/C26H29BrFN3S/c27-21-17-19(25-20(18-21)9-16-32-25)7-8-22-23(5-3-6-24(22)28)26-29-10-15-31(26)14-4-13-30-11-1-2-12-30/h3,5-6,9,16-18H,1-2,4,7-8,10-15H2. The highest BCUT2D eigenvalue weighted by atomic mass is 79.9. The van der Waals surface area contributed by atoms with Crippen LogP contribution < -0.4 is 0 Å². The minimum atomic E-state index is -0.119. The summed E-state index contributed by atoms with van der Waals surface area (Å²) in [5.74, 6) is 0.864. The second-order valence-electron chi connectivity index (χ2n) is 8.76. The lowest BCUT2D eigenvalue weighted by atomic mass is 9.97. The summed E-state index contributed by atoms with van der Waals surface area (Å²) in [5, 5.41) is 3.38. The molecular formula is C26H29BrFN3S. The largest absolute Gasteiger partial charge is 0.355 e. The summed E-state index contributed by atoms with van der Waals surface area (Å²) in [6.45, 7) is 6.36. The number of nitrogens with zero attached hydrogens (tertiary/aromatic N) is 3. The number of thiophene rings is 1. The fraction of sp³-hybridized carbons (Fsp3) is 0.423. The zero-order valence-electron chi connectivity index (χ0n) is 18.3. The maximum Gasteiger partial charge on any atom is 0.131 e. The second kappa shape index (κ2) is 10.0. The molecule has 3 heterocycles. The quantitative estimate of drug-likeness (QED) is 0.360. The highest BCUT2D eigenvalue weighted by Gasteiger charge is 2.23. The number of fused-ring (bicyclic) bond motifs is 1. The van der Waals surface area contributed by atoms with Gasteiger partial charge in [-0.3, -0.25) is 4.99 Å². The maximum atomic E-state index is 15.0. The third-order valence-corrected chi connectivity index (χ3v) is 8.09. The van der Waals surface area contributed by atoms with Gasteiger partial charge in [-0.1, -0.05) is 28.1 Å². The number of rotatable bonds is 8. The van der Waals surface area contributed by atoms with Gasteiger partial charge in [-0.25, -0.2) is 4.39 Å². The summed E-state index contributed by atoms with van der Waals surface area (Å²) in [7, 11) is 0. The minimum Gasteiger partial charge on any atom is -0.355 e. The van der Waals surface area contributed by atoms with Crippen molar-refractivity contribution in [1.29, 1.82) is 0 Å². The molecule has 0 spiro atoms. The lowest BCUT2D eigenvalue weighted by Gasteiger charge is -2.24. The van der Waals surface area contributed by atoms with Crippen molar-refractivity contribution in [2.24, 2.45) is 4.99 Å². The van der Waals surface area contributed by atoms with E-state index >= 15 is 4.39 Å². The second-order valence-corrected chi connectivity index (χ2v) is 10.6. The van der Waals surface area contributed by atoms with Crippen molar-refractivity contribution < 1.29 is 4.39 Å². The van der Waals surface area contributed by atoms with Crippen molar-refractivity contribution in [3.05, 3.63) is 68.8 Å². The molecule has 3 aromatic rings. The Hall–Kier alpha value is -1.76. The van der Waals surface area contributed by atoms with Gasteiger partial charge in [0.15, 0.2) is 0 Å². The Morgan fingerprint density at radius 3 is 2.78 bits per heavy atom. The zero-order valence-corrected chi connectivity index (χ0v) is 20.7. The SMILES string of the molecule is Fc1cccc(C2=NCCN2CCCN2CCCC2)c1CCc1cc(Br)cc2ccsc12. The minimum absolute atomic E-state index is 0.119. The van der Waals surface area contributed by atoms with Crippen LogP contribution in [0.15, 0.2) is 51.2 Å². The predicted octanol–water partition coefficient (Wildman–Crippen LogP) is 6.14. The molecule has 0 bridgehead atoms. The van der Waals surface area contributed by atoms with Crippen LogP contribution in [0.4, 0.5) is 4.39 Å². The number of benzene rings is 2. The van der Waals surface area contributed by atoms with Crippen LogP contribution in [0.2, 0.25) is 0 Å². The number of aliphatic imine (C=N–C) groups is 1. The number of likely N-dealkylation sites (tertiary alicyclic amines) is 1. The van der Waals surface area contributed by atoms with Crippen molar-refractivity contribution in [1.82, 2.24) is 9.80 Å². The topological polar surface area (TPSA) is 18.8 Å². The molecule has 1 fully saturated rings. The molecule has 32 heavy (non-hydrogen) atoms. The maximum absolute atomic E-state index is 15.0. The highest BCUT2D eigenvalue weighted by molar-refractivity contribution is 9.10. The van der Waals surface area contributed by atoms with E-state index in [-0.39, 0.29) is 5.82 Å². The molecule has 2 aliphatic heterocycles. The van der Waals surface area contributed by atoms with Crippen LogP contribution in [0.3, 0.4) is 0 Å². The van der Waals surface area contributed by atoms with Crippen LogP contribution in [0.5, 0.6) is 0 Å². The molecule has 0 atom stereocenters. The van der Waals surface area contributed by atoms with E-state index in [9.17, 15) is 0 Å². The molecule has 0 unspecified atom stereocenters. The van der Waals surface area contributed by atoms with Gasteiger partial charge in [-0.05, 0) is 97.9 Å². The zero-order chi connectivity index (χ0) is 21.9. The first kappa shape index (κ1) is 22.1. The molecule has 0 radical (unpaired) electrons. The van der Waals surface area contributed by atoms with Crippen LogP contribution in [0.1, 0.15) is 36.0 Å². The van der Waals surface area contributed by atoms with Gasteiger partial charge in [-0.15, -0.1) is 11.3 Å². The van der Waals surface area contributed by atoms with Crippen molar-refractivity contribution in [2.45, 2.75) is 32.1 Å². The molecule has 2 aromatic carbocycles. The van der Waals surface area contributed by atoms with Gasteiger partial charge in [-0.2, -0.15) is 0 Å². The predicted molar refractivity (Wildman–Crippen MR) is 137 cm³/mol. The van der Waals surface area contributed by atoms with Gasteiger partial charge in [0, 0.05) is 27.8 Å². The number of hydrogen-bond donors (Lipinski definition) is 0. The normalized spacial score (nSPS) is 16.9. The van der Waals surface area contributed by atoms with Crippen LogP contribution in [0.25, 0.3) is 10.1 Å². The van der Waals surface area contributed by atoms with E-state index in [0.29, 0.717) is 6.42 Å². The summed E-state index contributed by atoms with van der Waals surface area (Å²) in [6.07, 6.45) is 5.29. The summed E-state index contributed by atoms with van der Waals surface area (Å²) in [4.78, 5) is 9.73. The van der Waals surface area contributed by atoms with Gasteiger partial charge in [0.1, 0.15) is 11.7 Å². The molecule has 0 N–H and O–H groups in total. The summed E-state index contributed by atoms with van der Waals surface area (Å²) >= 11 is 5.40. The number of hydrogen-bond acceptors (Lipinski definition) is 4. The molecule has 6 heteroatoms. The molecule has 0 saturated carbocycles. The average molecular weight is 515 g/mol. The van der Waals surface area contributed by atoms with E-state index in [0.717, 1.165) is 60.5 Å². The smallest absolute Gasteiger partial charge is 0.131 e. The highest BCUT2D eigenvalue weighted by Crippen LogP contribution is 2.30. The third-order valence-electron chi connectivity index (χ3n) is 6.63. The molecule has 2 aliphatic rings. The molecule has 1 aromatic heterocycles. The van der Waals surface area contributed by atoms with Gasteiger partial charge in [0.05, 0.1) is 6.54 Å². The molecule has 0 amide bonds. The number of halogens is 2. The van der Waals surface area contributed by atoms with Gasteiger partial charge >= 0.3 is 0 Å². The van der Waals surface area contributed by atoms with Crippen LogP contribution in [-0.2, 0) is 12.8 Å². The van der Waals surface area contributed by atoms with Crippen molar-refractivity contribution in [3.63, 3.8) is 0 Å². The van der Waals surface area contributed by atoms with Crippen molar-refractivity contribution in [2.75, 3.05) is 39.3 Å². The Labute approximate surface area is 202 Å². The number of aryl methyl sites for hydroxylation is 1. The van der Waals surface area contributed by atoms with E-state index in [1.54, 1.807) is 17.4 Å². The summed E-state index contributed by atoms with van der Waals surface area (Å²) in [6, 6.07) is 11.9. The third kappa shape index (κ3) is 4.78.